The Morgan fingerprint density at radius 1 is 1.37 bits per heavy atom. The van der Waals surface area contributed by atoms with Gasteiger partial charge in [-0.15, -0.1) is 0 Å². The SMILES string of the molecule is CCCCNC(=O)[C@@H]1CC[C@H](C)N(CC(=O)OC)C1. The average molecular weight is 270 g/mol. The summed E-state index contributed by atoms with van der Waals surface area (Å²) in [6.45, 7) is 5.86. The first-order valence-corrected chi connectivity index (χ1v) is 7.17. The van der Waals surface area contributed by atoms with E-state index in [0.717, 1.165) is 32.2 Å². The van der Waals surface area contributed by atoms with Gasteiger partial charge < -0.3 is 10.1 Å². The second-order valence-corrected chi connectivity index (χ2v) is 5.27. The molecule has 1 saturated heterocycles. The van der Waals surface area contributed by atoms with Crippen molar-refractivity contribution in [1.82, 2.24) is 10.2 Å². The molecule has 19 heavy (non-hydrogen) atoms. The van der Waals surface area contributed by atoms with Crippen LogP contribution in [-0.2, 0) is 14.3 Å². The van der Waals surface area contributed by atoms with Crippen molar-refractivity contribution < 1.29 is 14.3 Å². The van der Waals surface area contributed by atoms with E-state index in [1.54, 1.807) is 0 Å². The second kappa shape index (κ2) is 8.15. The van der Waals surface area contributed by atoms with Gasteiger partial charge in [-0.3, -0.25) is 14.5 Å². The summed E-state index contributed by atoms with van der Waals surface area (Å²) in [5.74, 6) is -0.119. The van der Waals surface area contributed by atoms with E-state index in [0.29, 0.717) is 12.6 Å². The van der Waals surface area contributed by atoms with Crippen LogP contribution in [0.15, 0.2) is 0 Å². The van der Waals surface area contributed by atoms with Gasteiger partial charge in [0.05, 0.1) is 19.6 Å². The Morgan fingerprint density at radius 2 is 2.11 bits per heavy atom. The van der Waals surface area contributed by atoms with Crippen molar-refractivity contribution in [2.75, 3.05) is 26.7 Å². The van der Waals surface area contributed by atoms with Gasteiger partial charge >= 0.3 is 5.97 Å². The molecule has 0 bridgehead atoms. The monoisotopic (exact) mass is 270 g/mol. The minimum Gasteiger partial charge on any atom is -0.468 e. The Balaban J connectivity index is 2.44. The number of likely N-dealkylation sites (tertiary alicyclic amines) is 1. The van der Waals surface area contributed by atoms with E-state index in [9.17, 15) is 9.59 Å². The van der Waals surface area contributed by atoms with E-state index in [4.69, 9.17) is 4.74 Å². The van der Waals surface area contributed by atoms with Crippen LogP contribution >= 0.6 is 0 Å². The molecule has 1 fully saturated rings. The van der Waals surface area contributed by atoms with Crippen LogP contribution in [0.5, 0.6) is 0 Å². The van der Waals surface area contributed by atoms with Crippen molar-refractivity contribution >= 4 is 11.9 Å². The predicted molar refractivity (Wildman–Crippen MR) is 73.7 cm³/mol. The fraction of sp³-hybridized carbons (Fsp3) is 0.857. The molecule has 0 spiro atoms. The molecule has 1 heterocycles. The summed E-state index contributed by atoms with van der Waals surface area (Å²) < 4.78 is 4.70. The summed E-state index contributed by atoms with van der Waals surface area (Å²) in [6.07, 6.45) is 3.94. The Bertz CT molecular complexity index is 307. The maximum atomic E-state index is 12.0. The van der Waals surface area contributed by atoms with Gasteiger partial charge in [0.25, 0.3) is 0 Å². The number of hydrogen-bond donors (Lipinski definition) is 1. The third-order valence-electron chi connectivity index (χ3n) is 3.77. The zero-order valence-corrected chi connectivity index (χ0v) is 12.3. The average Bonchev–Trinajstić information content (AvgIpc) is 2.41. The Morgan fingerprint density at radius 3 is 2.74 bits per heavy atom. The number of ether oxygens (including phenoxy) is 1. The summed E-state index contributed by atoms with van der Waals surface area (Å²) in [5.41, 5.74) is 0. The first-order valence-electron chi connectivity index (χ1n) is 7.17. The number of methoxy groups -OCH3 is 1. The van der Waals surface area contributed by atoms with Crippen LogP contribution in [0.25, 0.3) is 0 Å². The molecule has 0 radical (unpaired) electrons. The molecule has 1 rings (SSSR count). The van der Waals surface area contributed by atoms with E-state index in [1.165, 1.54) is 7.11 Å². The summed E-state index contributed by atoms with van der Waals surface area (Å²) in [4.78, 5) is 25.4. The number of amides is 1. The van der Waals surface area contributed by atoms with E-state index >= 15 is 0 Å². The van der Waals surface area contributed by atoms with Gasteiger partial charge in [0.2, 0.25) is 5.91 Å². The lowest BCUT2D eigenvalue weighted by Crippen LogP contribution is -2.48. The highest BCUT2D eigenvalue weighted by Gasteiger charge is 2.30. The van der Waals surface area contributed by atoms with Crippen molar-refractivity contribution in [3.63, 3.8) is 0 Å². The molecule has 110 valence electrons. The maximum Gasteiger partial charge on any atom is 0.319 e. The summed E-state index contributed by atoms with van der Waals surface area (Å²) >= 11 is 0. The predicted octanol–water partition coefficient (Wildman–Crippen LogP) is 1.18. The molecule has 0 aromatic rings. The van der Waals surface area contributed by atoms with Gasteiger partial charge in [-0.25, -0.2) is 0 Å². The fourth-order valence-corrected chi connectivity index (χ4v) is 2.38. The molecular formula is C14H26N2O3. The van der Waals surface area contributed by atoms with Gasteiger partial charge in [0.15, 0.2) is 0 Å². The summed E-state index contributed by atoms with van der Waals surface area (Å²) in [6, 6.07) is 0.332. The molecule has 0 aromatic carbocycles. The molecule has 1 N–H and O–H groups in total. The van der Waals surface area contributed by atoms with Gasteiger partial charge in [-0.2, -0.15) is 0 Å². The molecule has 1 amide bonds. The third-order valence-corrected chi connectivity index (χ3v) is 3.77. The van der Waals surface area contributed by atoms with Crippen molar-refractivity contribution in [1.29, 1.82) is 0 Å². The highest BCUT2D eigenvalue weighted by molar-refractivity contribution is 5.79. The molecule has 5 heteroatoms. The number of hydrogen-bond acceptors (Lipinski definition) is 4. The van der Waals surface area contributed by atoms with E-state index in [1.807, 2.05) is 4.90 Å². The number of carbonyl (C=O) groups excluding carboxylic acids is 2. The lowest BCUT2D eigenvalue weighted by Gasteiger charge is -2.36. The van der Waals surface area contributed by atoms with Crippen LogP contribution in [0.3, 0.4) is 0 Å². The number of unbranched alkanes of at least 4 members (excludes halogenated alkanes) is 1. The smallest absolute Gasteiger partial charge is 0.319 e. The van der Waals surface area contributed by atoms with Crippen LogP contribution in [0.2, 0.25) is 0 Å². The molecule has 1 aliphatic heterocycles. The Kier molecular flexibility index (Phi) is 6.84. The molecule has 0 unspecified atom stereocenters. The number of esters is 1. The van der Waals surface area contributed by atoms with Crippen LogP contribution in [0, 0.1) is 5.92 Å². The van der Waals surface area contributed by atoms with Crippen molar-refractivity contribution in [3.8, 4) is 0 Å². The number of piperidine rings is 1. The third kappa shape index (κ3) is 5.19. The van der Waals surface area contributed by atoms with Crippen LogP contribution in [-0.4, -0.2) is 49.6 Å². The first kappa shape index (κ1) is 16.0. The van der Waals surface area contributed by atoms with E-state index in [-0.39, 0.29) is 24.3 Å². The van der Waals surface area contributed by atoms with Crippen LogP contribution in [0.4, 0.5) is 0 Å². The van der Waals surface area contributed by atoms with Gasteiger partial charge in [0.1, 0.15) is 0 Å². The lowest BCUT2D eigenvalue weighted by molar-refractivity contribution is -0.144. The molecule has 1 aliphatic rings. The van der Waals surface area contributed by atoms with E-state index < -0.39 is 0 Å². The topological polar surface area (TPSA) is 58.6 Å². The van der Waals surface area contributed by atoms with Gasteiger partial charge in [-0.1, -0.05) is 13.3 Å². The number of rotatable bonds is 6. The first-order chi connectivity index (χ1) is 9.08. The molecule has 0 aromatic heterocycles. The summed E-state index contributed by atoms with van der Waals surface area (Å²) in [7, 11) is 1.39. The van der Waals surface area contributed by atoms with E-state index in [2.05, 4.69) is 19.2 Å². The molecule has 0 saturated carbocycles. The molecule has 5 nitrogen and oxygen atoms in total. The lowest BCUT2D eigenvalue weighted by atomic mass is 9.92. The number of nitrogens with one attached hydrogen (secondary N) is 1. The quantitative estimate of drug-likeness (QED) is 0.581. The molecule has 0 aliphatic carbocycles. The number of carbonyl (C=O) groups is 2. The minimum atomic E-state index is -0.237. The van der Waals surface area contributed by atoms with Crippen molar-refractivity contribution in [3.05, 3.63) is 0 Å². The minimum absolute atomic E-state index is 0.00212. The standard InChI is InChI=1S/C14H26N2O3/c1-4-5-8-15-14(18)12-7-6-11(2)16(9-12)10-13(17)19-3/h11-12H,4-10H2,1-3H3,(H,15,18)/t11-,12+/m0/s1. The Hall–Kier alpha value is -1.10. The zero-order chi connectivity index (χ0) is 14.3. The van der Waals surface area contributed by atoms with Gasteiger partial charge in [-0.05, 0) is 26.2 Å². The fourth-order valence-electron chi connectivity index (χ4n) is 2.38. The molecular weight excluding hydrogens is 244 g/mol. The van der Waals surface area contributed by atoms with Crippen molar-refractivity contribution in [2.24, 2.45) is 5.92 Å². The molecule has 2 atom stereocenters. The highest BCUT2D eigenvalue weighted by Crippen LogP contribution is 2.21. The Labute approximate surface area is 115 Å². The second-order valence-electron chi connectivity index (χ2n) is 5.27. The summed E-state index contributed by atoms with van der Waals surface area (Å²) in [5, 5.41) is 2.97. The van der Waals surface area contributed by atoms with Crippen LogP contribution in [0.1, 0.15) is 39.5 Å². The van der Waals surface area contributed by atoms with Gasteiger partial charge in [0, 0.05) is 19.1 Å². The normalized spacial score (nSPS) is 23.9. The van der Waals surface area contributed by atoms with Crippen LogP contribution < -0.4 is 5.32 Å². The highest BCUT2D eigenvalue weighted by atomic mass is 16.5. The largest absolute Gasteiger partial charge is 0.468 e. The van der Waals surface area contributed by atoms with Crippen molar-refractivity contribution in [2.45, 2.75) is 45.6 Å². The number of nitrogens with zero attached hydrogens (tertiary/aromatic N) is 1. The zero-order valence-electron chi connectivity index (χ0n) is 12.3. The maximum absolute atomic E-state index is 12.0.